The monoisotopic (exact) mass is 208 g/mol. The average molecular weight is 208 g/mol. The molecule has 0 aliphatic heterocycles. The van der Waals surface area contributed by atoms with Gasteiger partial charge in [0.1, 0.15) is 6.34 Å². The first-order chi connectivity index (χ1) is 3.41. The molecule has 0 fully saturated rings. The Labute approximate surface area is 56.2 Å². The summed E-state index contributed by atoms with van der Waals surface area (Å²) >= 11 is 2.07. The molecule has 0 unspecified atom stereocenters. The predicted molar refractivity (Wildman–Crippen MR) is 41.2 cm³/mol. The Kier molecular flexibility index (Phi) is 5.65. The van der Waals surface area contributed by atoms with E-state index in [0.717, 1.165) is 0 Å². The number of rotatable bonds is 2. The SMILES string of the molecule is C=N/C=N\C=C/I. The van der Waals surface area contributed by atoms with E-state index in [1.54, 1.807) is 10.3 Å². The average Bonchev–Trinajstić information content (AvgIpc) is 1.69. The number of aliphatic imine (C=N–C) groups is 2. The van der Waals surface area contributed by atoms with Crippen molar-refractivity contribution in [3.63, 3.8) is 0 Å². The largest absolute Gasteiger partial charge is 0.253 e. The molecule has 0 atom stereocenters. The zero-order valence-electron chi connectivity index (χ0n) is 3.71. The fourth-order valence-corrected chi connectivity index (χ4v) is 0.304. The van der Waals surface area contributed by atoms with Gasteiger partial charge in [0.15, 0.2) is 0 Å². The van der Waals surface area contributed by atoms with Gasteiger partial charge in [0.25, 0.3) is 0 Å². The van der Waals surface area contributed by atoms with Crippen molar-refractivity contribution in [1.29, 1.82) is 0 Å². The topological polar surface area (TPSA) is 24.7 Å². The van der Waals surface area contributed by atoms with E-state index in [-0.39, 0.29) is 0 Å². The van der Waals surface area contributed by atoms with Crippen molar-refractivity contribution >= 4 is 35.6 Å². The first-order valence-corrected chi connectivity index (χ1v) is 2.89. The molecule has 0 heterocycles. The molecular formula is C4H5IN2. The van der Waals surface area contributed by atoms with Gasteiger partial charge in [-0.05, 0) is 10.8 Å². The van der Waals surface area contributed by atoms with Gasteiger partial charge in [-0.15, -0.1) is 0 Å². The minimum Gasteiger partial charge on any atom is -0.253 e. The fourth-order valence-electron chi connectivity index (χ4n) is 0.118. The van der Waals surface area contributed by atoms with E-state index < -0.39 is 0 Å². The molecule has 0 aromatic rings. The first-order valence-electron chi connectivity index (χ1n) is 1.64. The third-order valence-electron chi connectivity index (χ3n) is 0.291. The zero-order chi connectivity index (χ0) is 5.54. The quantitative estimate of drug-likeness (QED) is 0.374. The van der Waals surface area contributed by atoms with Gasteiger partial charge in [0, 0.05) is 6.20 Å². The Morgan fingerprint density at radius 2 is 2.29 bits per heavy atom. The van der Waals surface area contributed by atoms with Crippen molar-refractivity contribution in [1.82, 2.24) is 0 Å². The third kappa shape index (κ3) is 5.81. The van der Waals surface area contributed by atoms with Crippen LogP contribution in [0.4, 0.5) is 0 Å². The Morgan fingerprint density at radius 3 is 2.71 bits per heavy atom. The number of hydrogen-bond acceptors (Lipinski definition) is 1. The summed E-state index contributed by atoms with van der Waals surface area (Å²) in [6, 6.07) is 0. The number of hydrogen-bond donors (Lipinski definition) is 0. The van der Waals surface area contributed by atoms with E-state index in [0.29, 0.717) is 0 Å². The summed E-state index contributed by atoms with van der Waals surface area (Å²) in [5.41, 5.74) is 0. The van der Waals surface area contributed by atoms with E-state index in [1.807, 2.05) is 0 Å². The van der Waals surface area contributed by atoms with Crippen molar-refractivity contribution in [2.75, 3.05) is 0 Å². The molecule has 3 heteroatoms. The molecule has 0 aliphatic rings. The van der Waals surface area contributed by atoms with Gasteiger partial charge in [-0.2, -0.15) is 0 Å². The van der Waals surface area contributed by atoms with Gasteiger partial charge in [0.2, 0.25) is 0 Å². The standard InChI is InChI=1S/C4H5IN2/c1-6-4-7-3-2-5/h2-4H,1H2/b3-2-,7-4-. The van der Waals surface area contributed by atoms with Gasteiger partial charge in [-0.1, -0.05) is 22.6 Å². The highest BCUT2D eigenvalue weighted by Crippen LogP contribution is 1.81. The minimum atomic E-state index is 1.38. The maximum Gasteiger partial charge on any atom is 0.114 e. The molecule has 2 nitrogen and oxygen atoms in total. The molecule has 7 heavy (non-hydrogen) atoms. The molecule has 0 saturated carbocycles. The number of halogens is 1. The van der Waals surface area contributed by atoms with Crippen LogP contribution in [0.3, 0.4) is 0 Å². The lowest BCUT2D eigenvalue weighted by atomic mass is 11.0. The van der Waals surface area contributed by atoms with E-state index in [4.69, 9.17) is 0 Å². The second-order valence-corrected chi connectivity index (χ2v) is 1.44. The zero-order valence-corrected chi connectivity index (χ0v) is 5.87. The van der Waals surface area contributed by atoms with Crippen molar-refractivity contribution in [2.24, 2.45) is 9.98 Å². The summed E-state index contributed by atoms with van der Waals surface area (Å²) in [6.45, 7) is 3.20. The molecule has 0 saturated heterocycles. The van der Waals surface area contributed by atoms with Crippen LogP contribution in [-0.2, 0) is 0 Å². The van der Waals surface area contributed by atoms with Crippen LogP contribution in [0.25, 0.3) is 0 Å². The normalized spacial score (nSPS) is 11.0. The minimum absolute atomic E-state index is 1.38. The van der Waals surface area contributed by atoms with Crippen molar-refractivity contribution in [2.45, 2.75) is 0 Å². The lowest BCUT2D eigenvalue weighted by Gasteiger charge is -1.66. The van der Waals surface area contributed by atoms with Crippen LogP contribution in [0.5, 0.6) is 0 Å². The van der Waals surface area contributed by atoms with Crippen LogP contribution in [0, 0.1) is 0 Å². The lowest BCUT2D eigenvalue weighted by Crippen LogP contribution is -1.54. The summed E-state index contributed by atoms with van der Waals surface area (Å²) in [7, 11) is 0. The Balaban J connectivity index is 3.27. The molecule has 0 aromatic heterocycles. The molecule has 38 valence electrons. The molecule has 0 spiro atoms. The van der Waals surface area contributed by atoms with Crippen LogP contribution in [0.15, 0.2) is 20.3 Å². The highest BCUT2D eigenvalue weighted by Gasteiger charge is 1.53. The van der Waals surface area contributed by atoms with Crippen LogP contribution >= 0.6 is 22.6 Å². The fraction of sp³-hybridized carbons (Fsp3) is 0. The van der Waals surface area contributed by atoms with Gasteiger partial charge >= 0.3 is 0 Å². The van der Waals surface area contributed by atoms with Crippen LogP contribution in [-0.4, -0.2) is 13.1 Å². The first kappa shape index (κ1) is 6.81. The predicted octanol–water partition coefficient (Wildman–Crippen LogP) is 1.62. The summed E-state index contributed by atoms with van der Waals surface area (Å²) in [5, 5.41) is 0. The van der Waals surface area contributed by atoms with E-state index in [9.17, 15) is 0 Å². The maximum absolute atomic E-state index is 3.67. The van der Waals surface area contributed by atoms with Gasteiger partial charge in [0.05, 0.1) is 0 Å². The summed E-state index contributed by atoms with van der Waals surface area (Å²) in [6.07, 6.45) is 3.02. The van der Waals surface area contributed by atoms with Crippen LogP contribution in [0.2, 0.25) is 0 Å². The van der Waals surface area contributed by atoms with Crippen molar-refractivity contribution in [3.8, 4) is 0 Å². The molecule has 0 rings (SSSR count). The number of nitrogens with zero attached hydrogens (tertiary/aromatic N) is 2. The Morgan fingerprint density at radius 1 is 1.57 bits per heavy atom. The Bertz CT molecular complexity index is 95.9. The highest BCUT2D eigenvalue weighted by atomic mass is 127. The van der Waals surface area contributed by atoms with Gasteiger partial charge in [-0.25, -0.2) is 4.99 Å². The van der Waals surface area contributed by atoms with Gasteiger partial charge < -0.3 is 0 Å². The summed E-state index contributed by atoms with van der Waals surface area (Å²) in [5.74, 6) is 0. The molecular weight excluding hydrogens is 203 g/mol. The second kappa shape index (κ2) is 5.81. The second-order valence-electron chi connectivity index (χ2n) is 0.722. The van der Waals surface area contributed by atoms with E-state index in [2.05, 4.69) is 39.3 Å². The van der Waals surface area contributed by atoms with Crippen LogP contribution in [0.1, 0.15) is 0 Å². The van der Waals surface area contributed by atoms with Crippen LogP contribution < -0.4 is 0 Å². The molecule has 0 aromatic carbocycles. The molecule has 0 bridgehead atoms. The third-order valence-corrected chi connectivity index (χ3v) is 0.612. The van der Waals surface area contributed by atoms with Crippen molar-refractivity contribution in [3.05, 3.63) is 10.3 Å². The smallest absolute Gasteiger partial charge is 0.114 e. The molecule has 0 radical (unpaired) electrons. The molecule has 0 aliphatic carbocycles. The maximum atomic E-state index is 3.67. The lowest BCUT2D eigenvalue weighted by molar-refractivity contribution is 1.58. The van der Waals surface area contributed by atoms with E-state index >= 15 is 0 Å². The summed E-state index contributed by atoms with van der Waals surface area (Å²) < 4.78 is 1.79. The van der Waals surface area contributed by atoms with E-state index in [1.165, 1.54) is 6.34 Å². The van der Waals surface area contributed by atoms with Gasteiger partial charge in [-0.3, -0.25) is 4.99 Å². The summed E-state index contributed by atoms with van der Waals surface area (Å²) in [4.78, 5) is 7.04. The molecule has 0 amide bonds. The highest BCUT2D eigenvalue weighted by molar-refractivity contribution is 14.1. The Hall–Kier alpha value is -0.190. The van der Waals surface area contributed by atoms with Crippen molar-refractivity contribution < 1.29 is 0 Å². The molecule has 0 N–H and O–H groups in total.